The number of hydrogen-bond acceptors (Lipinski definition) is 2. The standard InChI is InChI=1S/C35H28N.C14H14N.Ir/c1-34(2)26-16-10-8-14-24(26)32-28(34)21-29-33(25-15-9-11-17-27(25)35(29,3)4)31(32)23-18-19-36-30(20-23)22-12-6-5-7-13-22;1-10-4-6-13(7-5-10)14-8-11(2)12(3)9-15-14;/h5-12,14-21H,1-4H3;4-6,8-9H,1-3H3;/q2*-1;. The molecule has 5 aromatic carbocycles. The number of pyridine rings is 2. The molecule has 0 saturated heterocycles. The second-order valence-electron chi connectivity index (χ2n) is 15.1. The summed E-state index contributed by atoms with van der Waals surface area (Å²) in [5.41, 5.74) is 21.3. The van der Waals surface area contributed by atoms with Gasteiger partial charge in [0.05, 0.1) is 0 Å². The average Bonchev–Trinajstić information content (AvgIpc) is 3.52. The van der Waals surface area contributed by atoms with E-state index < -0.39 is 0 Å². The zero-order valence-corrected chi connectivity index (χ0v) is 33.2. The van der Waals surface area contributed by atoms with Gasteiger partial charge in [0, 0.05) is 43.3 Å². The molecule has 1 radical (unpaired) electrons. The number of rotatable bonds is 3. The third-order valence-corrected chi connectivity index (χ3v) is 11.1. The van der Waals surface area contributed by atoms with Gasteiger partial charge in [0.15, 0.2) is 0 Å². The van der Waals surface area contributed by atoms with Gasteiger partial charge >= 0.3 is 0 Å². The smallest absolute Gasteiger partial charge is 0.0192 e. The van der Waals surface area contributed by atoms with Gasteiger partial charge in [0.25, 0.3) is 0 Å². The summed E-state index contributed by atoms with van der Waals surface area (Å²) in [4.78, 5) is 9.14. The molecule has 0 N–H and O–H groups in total. The summed E-state index contributed by atoms with van der Waals surface area (Å²) in [5.74, 6) is 0. The van der Waals surface area contributed by atoms with Crippen molar-refractivity contribution in [3.05, 3.63) is 179 Å². The van der Waals surface area contributed by atoms with E-state index in [0.717, 1.165) is 22.5 Å². The first kappa shape index (κ1) is 35.5. The third-order valence-electron chi connectivity index (χ3n) is 11.1. The fraction of sp³-hybridized carbons (Fsp3) is 0.184. The molecule has 2 aromatic heterocycles. The monoisotopic (exact) mass is 851 g/mol. The second-order valence-corrected chi connectivity index (χ2v) is 15.1. The van der Waals surface area contributed by atoms with Gasteiger partial charge in [-0.2, -0.15) is 0 Å². The molecule has 2 heterocycles. The van der Waals surface area contributed by atoms with Crippen LogP contribution in [0.2, 0.25) is 0 Å². The molecule has 259 valence electrons. The predicted molar refractivity (Wildman–Crippen MR) is 212 cm³/mol. The Morgan fingerprint density at radius 1 is 0.519 bits per heavy atom. The van der Waals surface area contributed by atoms with Crippen LogP contribution in [0.1, 0.15) is 66.6 Å². The first-order chi connectivity index (χ1) is 24.6. The zero-order valence-electron chi connectivity index (χ0n) is 30.9. The van der Waals surface area contributed by atoms with Crippen molar-refractivity contribution < 1.29 is 20.1 Å². The van der Waals surface area contributed by atoms with E-state index in [0.29, 0.717) is 0 Å². The van der Waals surface area contributed by atoms with Gasteiger partial charge in [-0.3, -0.25) is 0 Å². The van der Waals surface area contributed by atoms with Crippen LogP contribution in [0.15, 0.2) is 128 Å². The molecule has 3 heteroatoms. The van der Waals surface area contributed by atoms with Crippen LogP contribution in [0.4, 0.5) is 0 Å². The van der Waals surface area contributed by atoms with Crippen LogP contribution in [-0.4, -0.2) is 9.97 Å². The molecule has 2 aliphatic carbocycles. The molecule has 52 heavy (non-hydrogen) atoms. The normalized spacial score (nSPS) is 13.8. The molecule has 0 unspecified atom stereocenters. The molecular weight excluding hydrogens is 809 g/mol. The van der Waals surface area contributed by atoms with Crippen LogP contribution in [0, 0.1) is 32.9 Å². The van der Waals surface area contributed by atoms with Crippen LogP contribution in [0.25, 0.3) is 55.9 Å². The van der Waals surface area contributed by atoms with E-state index in [1.54, 1.807) is 0 Å². The van der Waals surface area contributed by atoms with Crippen molar-refractivity contribution in [1.29, 1.82) is 0 Å². The van der Waals surface area contributed by atoms with E-state index in [4.69, 9.17) is 4.98 Å². The van der Waals surface area contributed by atoms with E-state index in [9.17, 15) is 0 Å². The maximum Gasteiger partial charge on any atom is 0.0192 e. The van der Waals surface area contributed by atoms with Gasteiger partial charge in [0.2, 0.25) is 0 Å². The summed E-state index contributed by atoms with van der Waals surface area (Å²) >= 11 is 0. The van der Waals surface area contributed by atoms with E-state index >= 15 is 0 Å². The number of benzene rings is 5. The van der Waals surface area contributed by atoms with Crippen molar-refractivity contribution in [1.82, 2.24) is 9.97 Å². The molecule has 0 aliphatic heterocycles. The van der Waals surface area contributed by atoms with Crippen molar-refractivity contribution in [2.24, 2.45) is 0 Å². The molecule has 2 nitrogen and oxygen atoms in total. The summed E-state index contributed by atoms with van der Waals surface area (Å²) in [7, 11) is 0. The first-order valence-electron chi connectivity index (χ1n) is 17.8. The number of aryl methyl sites for hydroxylation is 3. The maximum absolute atomic E-state index is 4.74. The molecule has 0 amide bonds. The van der Waals surface area contributed by atoms with Gasteiger partial charge in [0.1, 0.15) is 0 Å². The average molecular weight is 851 g/mol. The Balaban J connectivity index is 0.000000222. The predicted octanol–water partition coefficient (Wildman–Crippen LogP) is 12.3. The summed E-state index contributed by atoms with van der Waals surface area (Å²) in [5, 5.41) is 0. The van der Waals surface area contributed by atoms with Gasteiger partial charge < -0.3 is 9.97 Å². The van der Waals surface area contributed by atoms with Gasteiger partial charge in [-0.05, 0) is 92.5 Å². The summed E-state index contributed by atoms with van der Waals surface area (Å²) in [6.45, 7) is 15.7. The summed E-state index contributed by atoms with van der Waals surface area (Å²) in [6.07, 6.45) is 3.87. The number of hydrogen-bond donors (Lipinski definition) is 0. The Kier molecular flexibility index (Phi) is 9.24. The Hall–Kier alpha value is -4.95. The molecule has 0 spiro atoms. The fourth-order valence-corrected chi connectivity index (χ4v) is 8.02. The molecule has 0 fully saturated rings. The second kappa shape index (κ2) is 13.5. The third kappa shape index (κ3) is 5.87. The van der Waals surface area contributed by atoms with Crippen LogP contribution in [0.5, 0.6) is 0 Å². The molecule has 2 aliphatic rings. The number of nitrogens with zero attached hydrogens (tertiary/aromatic N) is 2. The minimum absolute atomic E-state index is 0. The van der Waals surface area contributed by atoms with Crippen LogP contribution < -0.4 is 0 Å². The van der Waals surface area contributed by atoms with Crippen LogP contribution >= 0.6 is 0 Å². The van der Waals surface area contributed by atoms with Crippen molar-refractivity contribution in [2.45, 2.75) is 59.3 Å². The van der Waals surface area contributed by atoms with E-state index in [1.165, 1.54) is 72.3 Å². The quantitative estimate of drug-likeness (QED) is 0.166. The van der Waals surface area contributed by atoms with Gasteiger partial charge in [-0.1, -0.05) is 107 Å². The minimum Gasteiger partial charge on any atom is -0.305 e. The van der Waals surface area contributed by atoms with Crippen molar-refractivity contribution >= 4 is 0 Å². The maximum atomic E-state index is 4.74. The Bertz CT molecular complexity index is 2360. The topological polar surface area (TPSA) is 25.8 Å². The molecule has 0 saturated carbocycles. The van der Waals surface area contributed by atoms with Crippen molar-refractivity contribution in [3.8, 4) is 55.9 Å². The van der Waals surface area contributed by atoms with Gasteiger partial charge in [-0.15, -0.1) is 71.3 Å². The molecule has 9 rings (SSSR count). The molecule has 0 atom stereocenters. The largest absolute Gasteiger partial charge is 0.305 e. The summed E-state index contributed by atoms with van der Waals surface area (Å²) < 4.78 is 0. The first-order valence-corrected chi connectivity index (χ1v) is 17.8. The zero-order chi connectivity index (χ0) is 35.5. The van der Waals surface area contributed by atoms with Crippen LogP contribution in [-0.2, 0) is 30.9 Å². The Morgan fingerprint density at radius 2 is 1.12 bits per heavy atom. The minimum atomic E-state index is -0.0658. The molecule has 7 aromatic rings. The Labute approximate surface area is 322 Å². The van der Waals surface area contributed by atoms with Crippen molar-refractivity contribution in [3.63, 3.8) is 0 Å². The van der Waals surface area contributed by atoms with Crippen LogP contribution in [0.3, 0.4) is 0 Å². The van der Waals surface area contributed by atoms with Gasteiger partial charge in [-0.25, -0.2) is 0 Å². The molecular formula is C49H42IrN2-2. The SMILES string of the molecule is CC1(C)c2ccccc2-c2c1cc1c(c2-c2ccnc(-c3[c-]cccc3)c2)-c2ccccc2C1(C)C.Cc1c[c-]c(-c2cc(C)c(C)cn2)cc1.[Ir]. The van der Waals surface area contributed by atoms with Crippen molar-refractivity contribution in [2.75, 3.05) is 0 Å². The van der Waals surface area contributed by atoms with E-state index in [2.05, 4.69) is 163 Å². The number of fused-ring (bicyclic) bond motifs is 6. The fourth-order valence-electron chi connectivity index (χ4n) is 8.02. The number of aromatic nitrogens is 2. The molecule has 0 bridgehead atoms. The van der Waals surface area contributed by atoms with E-state index in [-0.39, 0.29) is 30.9 Å². The Morgan fingerprint density at radius 3 is 1.69 bits per heavy atom. The van der Waals surface area contributed by atoms with E-state index in [1.807, 2.05) is 30.6 Å². The summed E-state index contributed by atoms with van der Waals surface area (Å²) in [6, 6.07) is 47.8.